The lowest BCUT2D eigenvalue weighted by molar-refractivity contribution is -0.376. The molecule has 2 atom stereocenters. The van der Waals surface area contributed by atoms with Crippen molar-refractivity contribution in [3.05, 3.63) is 95.4 Å². The molecule has 1 aliphatic rings. The van der Waals surface area contributed by atoms with Crippen molar-refractivity contribution in [3.8, 4) is 0 Å². The molecule has 1 aromatic heterocycles. The molecule has 8 nitrogen and oxygen atoms in total. The third-order valence-corrected chi connectivity index (χ3v) is 10.0. The van der Waals surface area contributed by atoms with Crippen molar-refractivity contribution < 1.29 is 54.2 Å². The zero-order valence-corrected chi connectivity index (χ0v) is 25.1. The number of hydrogen-bond donors (Lipinski definition) is 4. The number of carbonyl (C=O) groups is 1. The van der Waals surface area contributed by atoms with Crippen molar-refractivity contribution in [2.24, 2.45) is 0 Å². The standard InChI is InChI=1S/C31H28F7N3O5S/c32-21-7-10-24(11-8-21)47(45,46)41-23(15-28(43)40-22(17-42)14-19-16-39-26-4-2-1-3-25(19)26)9-5-18-13-20(6-12-27(18)41)29(44,30(33,34)35)31(36,37)38/h1-4,6-8,10-13,16,22-23,39,42,44H,5,9,14-15,17H2,(H,40,43)/t22-,23+/m1/s1. The maximum absolute atomic E-state index is 13.9. The topological polar surface area (TPSA) is 123 Å². The van der Waals surface area contributed by atoms with Crippen LogP contribution in [0.25, 0.3) is 10.9 Å². The average Bonchev–Trinajstić information content (AvgIpc) is 3.41. The Morgan fingerprint density at radius 2 is 1.66 bits per heavy atom. The van der Waals surface area contributed by atoms with Crippen LogP contribution in [0.5, 0.6) is 0 Å². The van der Waals surface area contributed by atoms with Gasteiger partial charge in [-0.2, -0.15) is 26.3 Å². The minimum absolute atomic E-state index is 0.210. The Morgan fingerprint density at radius 1 is 1.00 bits per heavy atom. The molecule has 0 aliphatic carbocycles. The Labute approximate surface area is 263 Å². The normalized spacial score (nSPS) is 16.6. The van der Waals surface area contributed by atoms with Gasteiger partial charge in [0.25, 0.3) is 15.6 Å². The second-order valence-corrected chi connectivity index (χ2v) is 13.0. The summed E-state index contributed by atoms with van der Waals surface area (Å²) in [5.74, 6) is -1.45. The van der Waals surface area contributed by atoms with Crippen molar-refractivity contribution in [1.82, 2.24) is 10.3 Å². The van der Waals surface area contributed by atoms with Gasteiger partial charge in [-0.05, 0) is 66.8 Å². The summed E-state index contributed by atoms with van der Waals surface area (Å²) in [6, 6.07) is 10.4. The fourth-order valence-electron chi connectivity index (χ4n) is 5.81. The number of amides is 1. The fraction of sp³-hybridized carbons (Fsp3) is 0.323. The number of aliphatic hydroxyl groups excluding tert-OH is 1. The van der Waals surface area contributed by atoms with Crippen LogP contribution in [0.15, 0.2) is 77.8 Å². The Bertz CT molecular complexity index is 1860. The van der Waals surface area contributed by atoms with Gasteiger partial charge >= 0.3 is 12.4 Å². The predicted octanol–water partition coefficient (Wildman–Crippen LogP) is 5.24. The number of aryl methyl sites for hydroxylation is 1. The monoisotopic (exact) mass is 687 g/mol. The van der Waals surface area contributed by atoms with Crippen LogP contribution in [0.1, 0.15) is 29.5 Å². The molecule has 0 radical (unpaired) electrons. The third-order valence-electron chi connectivity index (χ3n) is 8.15. The second kappa shape index (κ2) is 12.5. The Morgan fingerprint density at radius 3 is 2.30 bits per heavy atom. The Kier molecular flexibility index (Phi) is 9.07. The zero-order chi connectivity index (χ0) is 34.4. The van der Waals surface area contributed by atoms with Gasteiger partial charge in [0, 0.05) is 29.1 Å². The molecular formula is C31H28F7N3O5S. The highest BCUT2D eigenvalue weighted by Crippen LogP contribution is 2.51. The summed E-state index contributed by atoms with van der Waals surface area (Å²) < 4.78 is 124. The molecule has 5 rings (SSSR count). The predicted molar refractivity (Wildman–Crippen MR) is 156 cm³/mol. The number of halogens is 7. The zero-order valence-electron chi connectivity index (χ0n) is 24.2. The van der Waals surface area contributed by atoms with Gasteiger partial charge in [0.15, 0.2) is 0 Å². The number of rotatable bonds is 9. The number of nitrogens with zero attached hydrogens (tertiary/aromatic N) is 1. The molecule has 47 heavy (non-hydrogen) atoms. The SMILES string of the molecule is O=C(C[C@@H]1CCc2cc(C(O)(C(F)(F)F)C(F)(F)F)ccc2N1S(=O)(=O)c1ccc(F)cc1)N[C@@H](CO)Cc1c[nH]c2ccccc12. The molecule has 3 aromatic carbocycles. The van der Waals surface area contributed by atoms with Crippen molar-refractivity contribution >= 4 is 32.5 Å². The summed E-state index contributed by atoms with van der Waals surface area (Å²) in [6.45, 7) is -0.472. The first-order chi connectivity index (χ1) is 22.0. The summed E-state index contributed by atoms with van der Waals surface area (Å²) in [4.78, 5) is 15.9. The third kappa shape index (κ3) is 6.41. The molecule has 4 N–H and O–H groups in total. The van der Waals surface area contributed by atoms with Gasteiger partial charge in [-0.15, -0.1) is 0 Å². The minimum atomic E-state index is -6.16. The Hall–Kier alpha value is -4.15. The summed E-state index contributed by atoms with van der Waals surface area (Å²) >= 11 is 0. The van der Waals surface area contributed by atoms with Crippen molar-refractivity contribution in [2.75, 3.05) is 10.9 Å². The van der Waals surface area contributed by atoms with Gasteiger partial charge < -0.3 is 20.5 Å². The molecule has 0 spiro atoms. The number of anilines is 1. The van der Waals surface area contributed by atoms with E-state index in [0.29, 0.717) is 18.2 Å². The lowest BCUT2D eigenvalue weighted by Crippen LogP contribution is -2.54. The number of nitrogens with one attached hydrogen (secondary N) is 2. The summed E-state index contributed by atoms with van der Waals surface area (Å²) in [5, 5.41) is 23.5. The molecule has 0 saturated heterocycles. The van der Waals surface area contributed by atoms with E-state index < -0.39 is 75.3 Å². The number of carbonyl (C=O) groups excluding carboxylic acids is 1. The summed E-state index contributed by atoms with van der Waals surface area (Å²) in [5.41, 5.74) is -5.75. The summed E-state index contributed by atoms with van der Waals surface area (Å²) in [7, 11) is -4.67. The Balaban J connectivity index is 1.48. The van der Waals surface area contributed by atoms with Gasteiger partial charge in [-0.25, -0.2) is 12.8 Å². The molecule has 0 saturated carbocycles. The van der Waals surface area contributed by atoms with Crippen LogP contribution in [0.2, 0.25) is 0 Å². The molecule has 0 fully saturated rings. The van der Waals surface area contributed by atoms with Crippen molar-refractivity contribution in [3.63, 3.8) is 0 Å². The van der Waals surface area contributed by atoms with E-state index in [2.05, 4.69) is 10.3 Å². The first kappa shape index (κ1) is 34.2. The van der Waals surface area contributed by atoms with Gasteiger partial charge in [0.1, 0.15) is 5.82 Å². The maximum atomic E-state index is 13.9. The van der Waals surface area contributed by atoms with E-state index >= 15 is 0 Å². The van der Waals surface area contributed by atoms with Crippen LogP contribution in [-0.2, 0) is 33.3 Å². The maximum Gasteiger partial charge on any atom is 0.430 e. The van der Waals surface area contributed by atoms with Crippen molar-refractivity contribution in [1.29, 1.82) is 0 Å². The number of aromatic nitrogens is 1. The number of fused-ring (bicyclic) bond motifs is 2. The average molecular weight is 688 g/mol. The van der Waals surface area contributed by atoms with E-state index in [1.165, 1.54) is 0 Å². The van der Waals surface area contributed by atoms with E-state index in [-0.39, 0.29) is 30.5 Å². The number of alkyl halides is 6. The first-order valence-electron chi connectivity index (χ1n) is 14.2. The van der Waals surface area contributed by atoms with Crippen LogP contribution < -0.4 is 9.62 Å². The van der Waals surface area contributed by atoms with Crippen molar-refractivity contribution in [2.45, 2.75) is 60.6 Å². The molecule has 16 heteroatoms. The van der Waals surface area contributed by atoms with Gasteiger partial charge in [-0.3, -0.25) is 9.10 Å². The van der Waals surface area contributed by atoms with Gasteiger partial charge in [0.2, 0.25) is 5.91 Å². The van der Waals surface area contributed by atoms with Crippen LogP contribution in [0.4, 0.5) is 36.4 Å². The van der Waals surface area contributed by atoms with Crippen LogP contribution in [0, 0.1) is 5.82 Å². The molecular weight excluding hydrogens is 659 g/mol. The molecule has 1 amide bonds. The highest BCUT2D eigenvalue weighted by atomic mass is 32.2. The van der Waals surface area contributed by atoms with E-state index in [1.807, 2.05) is 24.3 Å². The minimum Gasteiger partial charge on any atom is -0.394 e. The quantitative estimate of drug-likeness (QED) is 0.180. The number of benzene rings is 3. The molecule has 0 bridgehead atoms. The molecule has 2 heterocycles. The van der Waals surface area contributed by atoms with E-state index in [1.54, 1.807) is 6.20 Å². The number of para-hydroxylation sites is 1. The van der Waals surface area contributed by atoms with E-state index in [0.717, 1.165) is 45.0 Å². The highest BCUT2D eigenvalue weighted by Gasteiger charge is 2.71. The van der Waals surface area contributed by atoms with E-state index in [9.17, 15) is 54.2 Å². The molecule has 4 aromatic rings. The lowest BCUT2D eigenvalue weighted by atomic mass is 9.87. The first-order valence-corrected chi connectivity index (χ1v) is 15.7. The smallest absolute Gasteiger partial charge is 0.394 e. The van der Waals surface area contributed by atoms with E-state index in [4.69, 9.17) is 0 Å². The van der Waals surface area contributed by atoms with Crippen LogP contribution in [-0.4, -0.2) is 60.6 Å². The number of hydrogen-bond acceptors (Lipinski definition) is 5. The van der Waals surface area contributed by atoms with Crippen LogP contribution in [0.3, 0.4) is 0 Å². The number of sulfonamides is 1. The lowest BCUT2D eigenvalue weighted by Gasteiger charge is -2.39. The largest absolute Gasteiger partial charge is 0.430 e. The number of aromatic amines is 1. The highest BCUT2D eigenvalue weighted by molar-refractivity contribution is 7.92. The fourth-order valence-corrected chi connectivity index (χ4v) is 7.53. The van der Waals surface area contributed by atoms with Crippen LogP contribution >= 0.6 is 0 Å². The molecule has 1 aliphatic heterocycles. The molecule has 252 valence electrons. The molecule has 0 unspecified atom stereocenters. The van der Waals surface area contributed by atoms with Gasteiger partial charge in [-0.1, -0.05) is 30.3 Å². The number of aliphatic hydroxyl groups is 2. The summed E-state index contributed by atoms with van der Waals surface area (Å²) in [6.07, 6.45) is -11.4. The van der Waals surface area contributed by atoms with Gasteiger partial charge in [0.05, 0.1) is 29.3 Å². The second-order valence-electron chi connectivity index (χ2n) is 11.2. The number of H-pyrrole nitrogens is 1.